The minimum atomic E-state index is -1.20. The van der Waals surface area contributed by atoms with Crippen molar-refractivity contribution in [2.45, 2.75) is 44.3 Å². The molecule has 0 aromatic carbocycles. The van der Waals surface area contributed by atoms with Crippen molar-refractivity contribution in [1.82, 2.24) is 30.4 Å². The van der Waals surface area contributed by atoms with Crippen LogP contribution in [0.4, 0.5) is 5.69 Å². The van der Waals surface area contributed by atoms with Gasteiger partial charge in [-0.1, -0.05) is 11.6 Å². The SMILES string of the molecule is CN1CCc2nc(C(=O)NC3(NC(=O)C(=O)Nc4ccc(Cl)nc4)CCC(C(=O)N(C)C)CC3)sc2C1. The zero-order chi connectivity index (χ0) is 26.7. The van der Waals surface area contributed by atoms with Crippen LogP contribution in [-0.2, 0) is 27.3 Å². The van der Waals surface area contributed by atoms with Crippen LogP contribution in [0, 0.1) is 5.92 Å². The first-order valence-electron chi connectivity index (χ1n) is 12.0. The van der Waals surface area contributed by atoms with Crippen molar-refractivity contribution in [3.63, 3.8) is 0 Å². The van der Waals surface area contributed by atoms with Gasteiger partial charge in [0, 0.05) is 44.4 Å². The standard InChI is InChI=1S/C24H30ClN7O4S/c1-31(2)23(36)14-6-9-24(10-7-14,29-20(34)19(33)27-15-4-5-18(25)26-12-15)30-21(35)22-28-16-8-11-32(3)13-17(16)37-22/h4-5,12,14H,6-11,13H2,1-3H3,(H,27,33)(H,29,34)(H,30,35). The summed E-state index contributed by atoms with van der Waals surface area (Å²) in [5.74, 6) is -2.46. The Hall–Kier alpha value is -3.09. The molecule has 2 aromatic heterocycles. The molecule has 1 aliphatic carbocycles. The van der Waals surface area contributed by atoms with Crippen LogP contribution in [0.15, 0.2) is 18.3 Å². The van der Waals surface area contributed by atoms with E-state index in [-0.39, 0.29) is 17.0 Å². The Labute approximate surface area is 224 Å². The maximum absolute atomic E-state index is 13.3. The third-order valence-electron chi connectivity index (χ3n) is 6.64. The lowest BCUT2D eigenvalue weighted by Gasteiger charge is -2.41. The Morgan fingerprint density at radius 1 is 1.14 bits per heavy atom. The molecule has 3 heterocycles. The second-order valence-electron chi connectivity index (χ2n) is 9.70. The van der Waals surface area contributed by atoms with Crippen LogP contribution in [0.1, 0.15) is 46.1 Å². The molecular formula is C24H30ClN7O4S. The largest absolute Gasteiger partial charge is 0.349 e. The van der Waals surface area contributed by atoms with Gasteiger partial charge in [0.2, 0.25) is 5.91 Å². The van der Waals surface area contributed by atoms with Crippen molar-refractivity contribution < 1.29 is 19.2 Å². The van der Waals surface area contributed by atoms with Crippen molar-refractivity contribution in [2.24, 2.45) is 5.92 Å². The topological polar surface area (TPSA) is 137 Å². The summed E-state index contributed by atoms with van der Waals surface area (Å²) in [4.78, 5) is 64.5. The number of hydrogen-bond acceptors (Lipinski definition) is 8. The smallest absolute Gasteiger partial charge is 0.313 e. The number of carbonyl (C=O) groups is 4. The van der Waals surface area contributed by atoms with Crippen LogP contribution in [-0.4, -0.2) is 76.7 Å². The first-order chi connectivity index (χ1) is 17.5. The fraction of sp³-hybridized carbons (Fsp3) is 0.500. The maximum Gasteiger partial charge on any atom is 0.313 e. The second-order valence-corrected chi connectivity index (χ2v) is 11.2. The molecule has 2 aromatic rings. The zero-order valence-electron chi connectivity index (χ0n) is 21.0. The zero-order valence-corrected chi connectivity index (χ0v) is 22.5. The first-order valence-corrected chi connectivity index (χ1v) is 13.2. The van der Waals surface area contributed by atoms with Crippen molar-refractivity contribution >= 4 is 52.3 Å². The Morgan fingerprint density at radius 3 is 2.51 bits per heavy atom. The van der Waals surface area contributed by atoms with Gasteiger partial charge in [0.1, 0.15) is 10.8 Å². The lowest BCUT2D eigenvalue weighted by atomic mass is 9.80. The van der Waals surface area contributed by atoms with Crippen LogP contribution in [0.2, 0.25) is 5.15 Å². The summed E-state index contributed by atoms with van der Waals surface area (Å²) < 4.78 is 0. The van der Waals surface area contributed by atoms with Crippen molar-refractivity contribution in [1.29, 1.82) is 0 Å². The highest BCUT2D eigenvalue weighted by Crippen LogP contribution is 2.32. The highest BCUT2D eigenvalue weighted by atomic mass is 35.5. The third-order valence-corrected chi connectivity index (χ3v) is 7.95. The van der Waals surface area contributed by atoms with Gasteiger partial charge in [-0.2, -0.15) is 0 Å². The molecule has 1 aliphatic heterocycles. The summed E-state index contributed by atoms with van der Waals surface area (Å²) in [7, 11) is 5.42. The predicted octanol–water partition coefficient (Wildman–Crippen LogP) is 1.64. The Morgan fingerprint density at radius 2 is 1.86 bits per heavy atom. The van der Waals surface area contributed by atoms with Crippen molar-refractivity contribution in [3.05, 3.63) is 39.1 Å². The normalized spacial score (nSPS) is 21.5. The molecule has 3 N–H and O–H groups in total. The van der Waals surface area contributed by atoms with Gasteiger partial charge < -0.3 is 25.8 Å². The molecular weight excluding hydrogens is 518 g/mol. The average molecular weight is 548 g/mol. The summed E-state index contributed by atoms with van der Waals surface area (Å²) in [6.07, 6.45) is 3.58. The summed E-state index contributed by atoms with van der Waals surface area (Å²) in [5, 5.41) is 8.73. The van der Waals surface area contributed by atoms with Gasteiger partial charge in [0.05, 0.1) is 17.6 Å². The van der Waals surface area contributed by atoms with Crippen molar-refractivity contribution in [3.8, 4) is 0 Å². The highest BCUT2D eigenvalue weighted by molar-refractivity contribution is 7.13. The molecule has 2 aliphatic rings. The summed E-state index contributed by atoms with van der Waals surface area (Å²) >= 11 is 7.11. The Balaban J connectivity index is 1.50. The number of fused-ring (bicyclic) bond motifs is 1. The molecule has 0 spiro atoms. The number of aromatic nitrogens is 2. The van der Waals surface area contributed by atoms with E-state index in [1.54, 1.807) is 19.0 Å². The van der Waals surface area contributed by atoms with Crippen LogP contribution in [0.5, 0.6) is 0 Å². The fourth-order valence-electron chi connectivity index (χ4n) is 4.61. The Kier molecular flexibility index (Phi) is 8.10. The average Bonchev–Trinajstić information content (AvgIpc) is 3.29. The van der Waals surface area contributed by atoms with Gasteiger partial charge in [-0.3, -0.25) is 19.2 Å². The van der Waals surface area contributed by atoms with E-state index in [1.165, 1.54) is 29.7 Å². The molecule has 0 bridgehead atoms. The molecule has 1 fully saturated rings. The molecule has 4 rings (SSSR count). The molecule has 0 unspecified atom stereocenters. The van der Waals surface area contributed by atoms with Crippen LogP contribution in [0.3, 0.4) is 0 Å². The predicted molar refractivity (Wildman–Crippen MR) is 139 cm³/mol. The number of carbonyl (C=O) groups excluding carboxylic acids is 4. The fourth-order valence-corrected chi connectivity index (χ4v) is 5.80. The van der Waals surface area contributed by atoms with Gasteiger partial charge in [-0.25, -0.2) is 9.97 Å². The number of pyridine rings is 1. The molecule has 0 radical (unpaired) electrons. The first kappa shape index (κ1) is 27.0. The van der Waals surface area contributed by atoms with Crippen LogP contribution >= 0.6 is 22.9 Å². The number of likely N-dealkylation sites (N-methyl/N-ethyl adjacent to an activating group) is 1. The van der Waals surface area contributed by atoms with E-state index in [2.05, 4.69) is 30.8 Å². The lowest BCUT2D eigenvalue weighted by molar-refractivity contribution is -0.139. The minimum absolute atomic E-state index is 0.00375. The number of hydrogen-bond donors (Lipinski definition) is 3. The molecule has 4 amide bonds. The molecule has 13 heteroatoms. The monoisotopic (exact) mass is 547 g/mol. The highest BCUT2D eigenvalue weighted by Gasteiger charge is 2.42. The number of anilines is 1. The van der Waals surface area contributed by atoms with E-state index < -0.39 is 23.4 Å². The van der Waals surface area contributed by atoms with Crippen LogP contribution in [0.25, 0.3) is 0 Å². The number of amides is 4. The van der Waals surface area contributed by atoms with Crippen molar-refractivity contribution in [2.75, 3.05) is 33.0 Å². The van der Waals surface area contributed by atoms with Gasteiger partial charge in [-0.15, -0.1) is 11.3 Å². The van der Waals surface area contributed by atoms with Gasteiger partial charge in [0.25, 0.3) is 5.91 Å². The van der Waals surface area contributed by atoms with Crippen LogP contribution < -0.4 is 16.0 Å². The van der Waals surface area contributed by atoms with Gasteiger partial charge >= 0.3 is 11.8 Å². The number of nitrogens with one attached hydrogen (secondary N) is 3. The Bertz CT molecular complexity index is 1190. The van der Waals surface area contributed by atoms with E-state index in [0.29, 0.717) is 36.4 Å². The quantitative estimate of drug-likeness (QED) is 0.294. The number of nitrogens with zero attached hydrogens (tertiary/aromatic N) is 4. The molecule has 11 nitrogen and oxygen atoms in total. The second kappa shape index (κ2) is 11.1. The minimum Gasteiger partial charge on any atom is -0.349 e. The summed E-state index contributed by atoms with van der Waals surface area (Å²) in [6, 6.07) is 3.02. The molecule has 1 saturated carbocycles. The molecule has 0 saturated heterocycles. The lowest BCUT2D eigenvalue weighted by Crippen LogP contribution is -2.64. The van der Waals surface area contributed by atoms with E-state index in [9.17, 15) is 19.2 Å². The van der Waals surface area contributed by atoms with E-state index in [1.807, 2.05) is 7.05 Å². The summed E-state index contributed by atoms with van der Waals surface area (Å²) in [5.41, 5.74) is 0.0272. The molecule has 0 atom stereocenters. The number of thiazole rings is 1. The van der Waals surface area contributed by atoms with E-state index in [0.717, 1.165) is 30.1 Å². The maximum atomic E-state index is 13.3. The number of halogens is 1. The third kappa shape index (κ3) is 6.43. The number of rotatable bonds is 5. The van der Waals surface area contributed by atoms with E-state index in [4.69, 9.17) is 11.6 Å². The summed E-state index contributed by atoms with van der Waals surface area (Å²) in [6.45, 7) is 1.60. The van der Waals surface area contributed by atoms with Gasteiger partial charge in [-0.05, 0) is 44.9 Å². The van der Waals surface area contributed by atoms with Gasteiger partial charge in [0.15, 0.2) is 5.01 Å². The molecule has 198 valence electrons. The molecule has 37 heavy (non-hydrogen) atoms. The van der Waals surface area contributed by atoms with E-state index >= 15 is 0 Å².